The smallest absolute Gasteiger partial charge is 0.264 e. The van der Waals surface area contributed by atoms with Crippen LogP contribution in [0.4, 0.5) is 5.69 Å². The Bertz CT molecular complexity index is 1170. The minimum atomic E-state index is -3.94. The summed E-state index contributed by atoms with van der Waals surface area (Å²) >= 11 is 0. The normalized spacial score (nSPS) is 11.6. The Morgan fingerprint density at radius 3 is 2.19 bits per heavy atom. The lowest BCUT2D eigenvalue weighted by molar-refractivity contribution is -0.119. The Labute approximate surface area is 189 Å². The zero-order valence-electron chi connectivity index (χ0n) is 18.4. The molecule has 0 saturated carbocycles. The number of carbonyl (C=O) groups is 1. The molecular weight excluding hydrogens is 422 g/mol. The average molecular weight is 450 g/mol. The van der Waals surface area contributed by atoms with Crippen molar-refractivity contribution >= 4 is 27.8 Å². The zero-order chi connectivity index (χ0) is 23.1. The van der Waals surface area contributed by atoms with Gasteiger partial charge in [-0.05, 0) is 48.2 Å². The highest BCUT2D eigenvalue weighted by Crippen LogP contribution is 2.23. The lowest BCUT2D eigenvalue weighted by Gasteiger charge is -2.23. The number of sulfonamides is 1. The molecule has 7 heteroatoms. The number of hydrogen-bond acceptors (Lipinski definition) is 4. The number of hydrazone groups is 1. The Morgan fingerprint density at radius 1 is 0.969 bits per heavy atom. The van der Waals surface area contributed by atoms with Crippen LogP contribution in [0, 0.1) is 6.92 Å². The molecule has 3 aromatic rings. The van der Waals surface area contributed by atoms with Gasteiger partial charge in [-0.25, -0.2) is 13.8 Å². The maximum atomic E-state index is 13.3. The highest BCUT2D eigenvalue weighted by Gasteiger charge is 2.27. The minimum absolute atomic E-state index is 0.119. The molecule has 0 bridgehead atoms. The quantitative estimate of drug-likeness (QED) is 0.407. The standard InChI is InChI=1S/C25H27N3O3S/c1-19(2)22-13-11-21(12-14-22)17-26-27-25(29)18-28(23-7-5-4-6-8-23)32(30,31)24-15-9-20(3)10-16-24/h4-17,19H,18H2,1-3H3,(H,27,29)/b26-17-. The molecule has 0 aliphatic rings. The number of nitrogens with one attached hydrogen (secondary N) is 1. The number of benzene rings is 3. The van der Waals surface area contributed by atoms with Gasteiger partial charge in [0.1, 0.15) is 6.54 Å². The predicted molar refractivity (Wildman–Crippen MR) is 128 cm³/mol. The van der Waals surface area contributed by atoms with E-state index in [9.17, 15) is 13.2 Å². The van der Waals surface area contributed by atoms with E-state index >= 15 is 0 Å². The van der Waals surface area contributed by atoms with Crippen LogP contribution < -0.4 is 9.73 Å². The Hall–Kier alpha value is -3.45. The Morgan fingerprint density at radius 2 is 1.59 bits per heavy atom. The first-order chi connectivity index (χ1) is 15.3. The number of amides is 1. The van der Waals surface area contributed by atoms with Crippen molar-refractivity contribution in [3.63, 3.8) is 0 Å². The Kier molecular flexibility index (Phi) is 7.43. The van der Waals surface area contributed by atoms with Crippen LogP contribution in [0.3, 0.4) is 0 Å². The van der Waals surface area contributed by atoms with E-state index in [1.807, 2.05) is 31.2 Å². The first kappa shape index (κ1) is 23.2. The van der Waals surface area contributed by atoms with Crippen molar-refractivity contribution in [1.82, 2.24) is 5.43 Å². The van der Waals surface area contributed by atoms with Gasteiger partial charge in [-0.15, -0.1) is 0 Å². The van der Waals surface area contributed by atoms with E-state index in [0.717, 1.165) is 15.4 Å². The topological polar surface area (TPSA) is 78.8 Å². The zero-order valence-corrected chi connectivity index (χ0v) is 19.2. The van der Waals surface area contributed by atoms with Crippen molar-refractivity contribution in [2.75, 3.05) is 10.8 Å². The second-order valence-corrected chi connectivity index (χ2v) is 9.64. The van der Waals surface area contributed by atoms with Gasteiger partial charge in [0.2, 0.25) is 0 Å². The fourth-order valence-corrected chi connectivity index (χ4v) is 4.48. The molecule has 0 aliphatic carbocycles. The van der Waals surface area contributed by atoms with Crippen LogP contribution in [0.1, 0.15) is 36.5 Å². The number of nitrogens with zero attached hydrogens (tertiary/aromatic N) is 2. The van der Waals surface area contributed by atoms with E-state index < -0.39 is 22.5 Å². The number of carbonyl (C=O) groups excluding carboxylic acids is 1. The molecule has 3 aromatic carbocycles. The molecule has 3 rings (SSSR count). The van der Waals surface area contributed by atoms with E-state index in [-0.39, 0.29) is 4.90 Å². The monoisotopic (exact) mass is 449 g/mol. The molecule has 0 aromatic heterocycles. The van der Waals surface area contributed by atoms with Gasteiger partial charge in [-0.3, -0.25) is 9.10 Å². The summed E-state index contributed by atoms with van der Waals surface area (Å²) in [5, 5.41) is 3.98. The third-order valence-corrected chi connectivity index (χ3v) is 6.73. The van der Waals surface area contributed by atoms with Crippen molar-refractivity contribution in [3.8, 4) is 0 Å². The minimum Gasteiger partial charge on any atom is -0.271 e. The largest absolute Gasteiger partial charge is 0.271 e. The molecule has 0 radical (unpaired) electrons. The van der Waals surface area contributed by atoms with Gasteiger partial charge in [-0.1, -0.05) is 74.0 Å². The number of para-hydroxylation sites is 1. The van der Waals surface area contributed by atoms with E-state index in [0.29, 0.717) is 11.6 Å². The number of hydrogen-bond donors (Lipinski definition) is 1. The van der Waals surface area contributed by atoms with E-state index in [2.05, 4.69) is 24.4 Å². The summed E-state index contributed by atoms with van der Waals surface area (Å²) in [6.45, 7) is 5.72. The predicted octanol–water partition coefficient (Wildman–Crippen LogP) is 4.46. The molecule has 1 N–H and O–H groups in total. The third-order valence-electron chi connectivity index (χ3n) is 4.95. The van der Waals surface area contributed by atoms with Gasteiger partial charge in [-0.2, -0.15) is 5.10 Å². The van der Waals surface area contributed by atoms with Crippen molar-refractivity contribution in [3.05, 3.63) is 95.6 Å². The first-order valence-corrected chi connectivity index (χ1v) is 11.8. The van der Waals surface area contributed by atoms with Crippen LogP contribution in [-0.4, -0.2) is 27.1 Å². The molecule has 0 aliphatic heterocycles. The van der Waals surface area contributed by atoms with E-state index in [4.69, 9.17) is 0 Å². The molecule has 0 heterocycles. The van der Waals surface area contributed by atoms with Crippen LogP contribution in [0.25, 0.3) is 0 Å². The van der Waals surface area contributed by atoms with Gasteiger partial charge >= 0.3 is 0 Å². The molecule has 32 heavy (non-hydrogen) atoms. The van der Waals surface area contributed by atoms with Crippen molar-refractivity contribution in [2.45, 2.75) is 31.6 Å². The molecule has 0 fully saturated rings. The summed E-state index contributed by atoms with van der Waals surface area (Å²) in [4.78, 5) is 12.7. The summed E-state index contributed by atoms with van der Waals surface area (Å²) in [6.07, 6.45) is 1.53. The summed E-state index contributed by atoms with van der Waals surface area (Å²) < 4.78 is 27.6. The molecule has 0 saturated heterocycles. The van der Waals surface area contributed by atoms with Crippen LogP contribution in [0.2, 0.25) is 0 Å². The van der Waals surface area contributed by atoms with E-state index in [1.54, 1.807) is 42.5 Å². The molecule has 0 unspecified atom stereocenters. The van der Waals surface area contributed by atoms with Gasteiger partial charge in [0.05, 0.1) is 16.8 Å². The van der Waals surface area contributed by atoms with Gasteiger partial charge in [0, 0.05) is 0 Å². The molecular formula is C25H27N3O3S. The highest BCUT2D eigenvalue weighted by molar-refractivity contribution is 7.92. The lowest BCUT2D eigenvalue weighted by Crippen LogP contribution is -2.39. The summed E-state index contributed by atoms with van der Waals surface area (Å²) in [7, 11) is -3.94. The van der Waals surface area contributed by atoms with Crippen molar-refractivity contribution in [2.24, 2.45) is 5.10 Å². The molecule has 166 valence electrons. The van der Waals surface area contributed by atoms with Gasteiger partial charge in [0.15, 0.2) is 0 Å². The van der Waals surface area contributed by atoms with E-state index in [1.165, 1.54) is 23.9 Å². The van der Waals surface area contributed by atoms with Crippen LogP contribution in [0.15, 0.2) is 88.9 Å². The lowest BCUT2D eigenvalue weighted by atomic mass is 10.0. The number of anilines is 1. The second kappa shape index (κ2) is 10.2. The number of rotatable bonds is 8. The molecule has 0 spiro atoms. The van der Waals surface area contributed by atoms with Crippen molar-refractivity contribution < 1.29 is 13.2 Å². The van der Waals surface area contributed by atoms with Crippen molar-refractivity contribution in [1.29, 1.82) is 0 Å². The van der Waals surface area contributed by atoms with Crippen LogP contribution in [0.5, 0.6) is 0 Å². The molecule has 1 amide bonds. The fourth-order valence-electron chi connectivity index (χ4n) is 3.06. The summed E-state index contributed by atoms with van der Waals surface area (Å²) in [5.74, 6) is -0.111. The SMILES string of the molecule is Cc1ccc(S(=O)(=O)N(CC(=O)N/N=C\c2ccc(C(C)C)cc2)c2ccccc2)cc1. The van der Waals surface area contributed by atoms with Gasteiger partial charge < -0.3 is 0 Å². The summed E-state index contributed by atoms with van der Waals surface area (Å²) in [5.41, 5.74) is 5.82. The number of aryl methyl sites for hydroxylation is 1. The highest BCUT2D eigenvalue weighted by atomic mass is 32.2. The average Bonchev–Trinajstić information content (AvgIpc) is 2.78. The Balaban J connectivity index is 1.76. The fraction of sp³-hybridized carbons (Fsp3) is 0.200. The molecule has 6 nitrogen and oxygen atoms in total. The molecule has 0 atom stereocenters. The van der Waals surface area contributed by atoms with Gasteiger partial charge in [0.25, 0.3) is 15.9 Å². The summed E-state index contributed by atoms with van der Waals surface area (Å²) in [6, 6.07) is 22.9. The second-order valence-electron chi connectivity index (χ2n) is 7.77. The van der Waals surface area contributed by atoms with Crippen LogP contribution in [-0.2, 0) is 14.8 Å². The van der Waals surface area contributed by atoms with Crippen LogP contribution >= 0.6 is 0 Å². The maximum absolute atomic E-state index is 13.3. The third kappa shape index (κ3) is 5.82. The first-order valence-electron chi connectivity index (χ1n) is 10.3. The maximum Gasteiger partial charge on any atom is 0.264 e.